The number of carbonyl (C=O) groups excluding carboxylic acids is 3. The van der Waals surface area contributed by atoms with Gasteiger partial charge in [-0.25, -0.2) is 9.13 Å². The number of aliphatic hydroxyl groups is 2. The Balaban J connectivity index is 4.55. The molecule has 5 atom stereocenters. The van der Waals surface area contributed by atoms with Gasteiger partial charge in [-0.15, -0.1) is 0 Å². The molecule has 0 heterocycles. The first kappa shape index (κ1) is 98.2. The van der Waals surface area contributed by atoms with Crippen molar-refractivity contribution in [1.29, 1.82) is 0 Å². The van der Waals surface area contributed by atoms with Gasteiger partial charge in [0.1, 0.15) is 25.4 Å². The van der Waals surface area contributed by atoms with Gasteiger partial charge in [-0.1, -0.05) is 294 Å². The maximum Gasteiger partial charge on any atom is 0.472 e. The first-order valence-electron chi connectivity index (χ1n) is 39.8. The minimum atomic E-state index is -4.95. The van der Waals surface area contributed by atoms with Crippen LogP contribution in [0, 0.1) is 0 Å². The maximum absolute atomic E-state index is 13.0. The number of ether oxygens (including phenoxy) is 3. The number of unbranched alkanes of at least 4 members (excludes halogenated alkanes) is 25. The van der Waals surface area contributed by atoms with Crippen LogP contribution in [0.25, 0.3) is 0 Å². The molecule has 18 heteroatoms. The monoisotopic (exact) mass is 1480 g/mol. The number of aliphatic hydroxyl groups excluding tert-OH is 2. The second kappa shape index (κ2) is 76.8. The average Bonchev–Trinajstić information content (AvgIpc) is 0.917. The molecule has 0 aromatic rings. The lowest BCUT2D eigenvalue weighted by Crippen LogP contribution is -2.30. The Morgan fingerprint density at radius 3 is 0.825 bits per heavy atom. The highest BCUT2D eigenvalue weighted by Gasteiger charge is 2.29. The van der Waals surface area contributed by atoms with Gasteiger partial charge < -0.3 is 34.2 Å². The molecule has 0 saturated heterocycles. The van der Waals surface area contributed by atoms with Crippen molar-refractivity contribution in [3.8, 4) is 0 Å². The van der Waals surface area contributed by atoms with Gasteiger partial charge in [-0.3, -0.25) is 32.5 Å². The van der Waals surface area contributed by atoms with E-state index in [1.54, 1.807) is 0 Å². The van der Waals surface area contributed by atoms with Crippen LogP contribution in [0.5, 0.6) is 0 Å². The van der Waals surface area contributed by atoms with Crippen LogP contribution in [-0.4, -0.2) is 95.9 Å². The van der Waals surface area contributed by atoms with Gasteiger partial charge in [0.15, 0.2) is 6.10 Å². The van der Waals surface area contributed by atoms with Crippen LogP contribution in [-0.2, 0) is 55.8 Å². The molecule has 0 aliphatic carbocycles. The van der Waals surface area contributed by atoms with Gasteiger partial charge in [0, 0.05) is 19.3 Å². The summed E-state index contributed by atoms with van der Waals surface area (Å²) in [6.07, 6.45) is 95.9. The highest BCUT2D eigenvalue weighted by molar-refractivity contribution is 7.47. The lowest BCUT2D eigenvalue weighted by molar-refractivity contribution is -0.161. The Morgan fingerprint density at radius 1 is 0.282 bits per heavy atom. The molecular weight excluding hydrogens is 1340 g/mol. The summed E-state index contributed by atoms with van der Waals surface area (Å²) in [6, 6.07) is 0. The summed E-state index contributed by atoms with van der Waals surface area (Å²) in [6.45, 7) is 2.35. The third kappa shape index (κ3) is 78.1. The molecule has 0 amide bonds. The van der Waals surface area contributed by atoms with Crippen LogP contribution in [0.2, 0.25) is 0 Å². The van der Waals surface area contributed by atoms with Gasteiger partial charge in [0.25, 0.3) is 0 Å². The Kier molecular flexibility index (Phi) is 73.2. The molecule has 103 heavy (non-hydrogen) atoms. The van der Waals surface area contributed by atoms with Crippen LogP contribution in [0.3, 0.4) is 0 Å². The van der Waals surface area contributed by atoms with Crippen LogP contribution in [0.1, 0.15) is 303 Å². The molecule has 4 N–H and O–H groups in total. The minimum Gasteiger partial charge on any atom is -0.463 e. The predicted octanol–water partition coefficient (Wildman–Crippen LogP) is 23.4. The summed E-state index contributed by atoms with van der Waals surface area (Å²) in [7, 11) is -9.82. The van der Waals surface area contributed by atoms with Crippen molar-refractivity contribution < 1.29 is 75.8 Å². The summed E-state index contributed by atoms with van der Waals surface area (Å²) in [5, 5.41) is 20.6. The number of rotatable bonds is 74. The predicted molar refractivity (Wildman–Crippen MR) is 426 cm³/mol. The SMILES string of the molecule is CC/C=C\C/C=C\C/C=C\C/C=C\C/C=C\CCCCCC(=O)OCC(COP(=O)(O)OCC(O)COP(=O)(O)OCC(O)COC(=O)CCCCCCCCCCCCCCCCC/C=C\C/C=C\C/C=C\C/C=C\CCCCC)OC(=O)CCCCCC/C=C\C/C=C\C/C=C\C/C=C\CC. The fourth-order valence-corrected chi connectivity index (χ4v) is 11.8. The standard InChI is InChI=1S/C85H142O16P2/c1-4-7-10-13-16-19-22-25-28-31-33-34-35-36-37-38-39-40-41-42-43-44-46-49-50-53-56-59-62-65-68-71-83(88)95-74-80(86)75-97-102(91,92)98-76-81(87)77-99-103(93,94)100-79-82(101-85(90)73-70-67-64-61-58-55-52-47-30-27-24-21-18-15-12-9-6-3)78-96-84(89)72-69-66-63-60-57-54-51-48-45-32-29-26-23-20-17-14-11-8-5-2/h8-9,11-12,16-21,25-30,33-34,36-37,45,48,52,54-55,57,80-82,86-87H,4-7,10,13-15,22-24,31-32,35,38-44,46-47,49-51,53,56,58-79H2,1-3H3,(H,91,92)(H,93,94)/b11-8-,12-9-,19-16-,20-17-,21-18-,28-25-,29-26-,30-27-,34-33-,37-36-,48-45-,55-52-,57-54-. The molecular formula is C85H142O16P2. The normalized spacial score (nSPS) is 14.8. The molecule has 0 rings (SSSR count). The summed E-state index contributed by atoms with van der Waals surface area (Å²) >= 11 is 0. The van der Waals surface area contributed by atoms with E-state index in [0.29, 0.717) is 19.3 Å². The molecule has 16 nitrogen and oxygen atoms in total. The van der Waals surface area contributed by atoms with Crippen molar-refractivity contribution >= 4 is 33.6 Å². The van der Waals surface area contributed by atoms with Gasteiger partial charge >= 0.3 is 33.6 Å². The van der Waals surface area contributed by atoms with Crippen LogP contribution in [0.4, 0.5) is 0 Å². The highest BCUT2D eigenvalue weighted by atomic mass is 31.2. The Morgan fingerprint density at radius 2 is 0.515 bits per heavy atom. The minimum absolute atomic E-state index is 0.0636. The van der Waals surface area contributed by atoms with Crippen molar-refractivity contribution in [1.82, 2.24) is 0 Å². The summed E-state index contributed by atoms with van der Waals surface area (Å²) in [5.74, 6) is -1.65. The summed E-state index contributed by atoms with van der Waals surface area (Å²) in [4.78, 5) is 58.6. The number of esters is 3. The number of phosphoric acid groups is 2. The fraction of sp³-hybridized carbons (Fsp3) is 0.659. The van der Waals surface area contributed by atoms with E-state index in [-0.39, 0.29) is 19.3 Å². The van der Waals surface area contributed by atoms with E-state index in [1.165, 1.54) is 103 Å². The maximum atomic E-state index is 13.0. The van der Waals surface area contributed by atoms with Crippen LogP contribution >= 0.6 is 15.6 Å². The molecule has 0 aliphatic rings. The number of phosphoric ester groups is 2. The van der Waals surface area contributed by atoms with Gasteiger partial charge in [0.2, 0.25) is 0 Å². The second-order valence-corrected chi connectivity index (χ2v) is 29.0. The van der Waals surface area contributed by atoms with E-state index < -0.39 is 91.5 Å². The zero-order valence-electron chi connectivity index (χ0n) is 64.2. The van der Waals surface area contributed by atoms with Crippen molar-refractivity contribution in [2.45, 2.75) is 322 Å². The zero-order chi connectivity index (χ0) is 75.2. The van der Waals surface area contributed by atoms with Crippen molar-refractivity contribution in [3.63, 3.8) is 0 Å². The van der Waals surface area contributed by atoms with E-state index in [1.807, 2.05) is 0 Å². The van der Waals surface area contributed by atoms with Crippen LogP contribution < -0.4 is 0 Å². The molecule has 0 fully saturated rings. The number of hydrogen-bond acceptors (Lipinski definition) is 14. The first-order chi connectivity index (χ1) is 50.2. The largest absolute Gasteiger partial charge is 0.472 e. The van der Waals surface area contributed by atoms with Crippen molar-refractivity contribution in [3.05, 3.63) is 158 Å². The van der Waals surface area contributed by atoms with E-state index in [4.69, 9.17) is 32.3 Å². The van der Waals surface area contributed by atoms with Crippen molar-refractivity contribution in [2.24, 2.45) is 0 Å². The molecule has 0 aromatic heterocycles. The third-order valence-corrected chi connectivity index (χ3v) is 18.1. The third-order valence-electron chi connectivity index (χ3n) is 16.2. The van der Waals surface area contributed by atoms with E-state index in [9.17, 15) is 43.5 Å². The Hall–Kier alpha value is -4.83. The molecule has 588 valence electrons. The quantitative estimate of drug-likeness (QED) is 0.0146. The molecule has 0 spiro atoms. The van der Waals surface area contributed by atoms with Crippen molar-refractivity contribution in [2.75, 3.05) is 39.6 Å². The number of hydrogen-bond donors (Lipinski definition) is 4. The summed E-state index contributed by atoms with van der Waals surface area (Å²) in [5.41, 5.74) is 0. The lowest BCUT2D eigenvalue weighted by Gasteiger charge is -2.21. The first-order valence-corrected chi connectivity index (χ1v) is 42.8. The zero-order valence-corrected chi connectivity index (χ0v) is 66.0. The van der Waals surface area contributed by atoms with Crippen LogP contribution in [0.15, 0.2) is 158 Å². The number of allylic oxidation sites excluding steroid dienone is 26. The number of carbonyl (C=O) groups is 3. The van der Waals surface area contributed by atoms with E-state index in [0.717, 1.165) is 141 Å². The van der Waals surface area contributed by atoms with E-state index >= 15 is 0 Å². The second-order valence-electron chi connectivity index (χ2n) is 26.1. The lowest BCUT2D eigenvalue weighted by atomic mass is 10.0. The Labute approximate surface area is 625 Å². The molecule has 0 aliphatic heterocycles. The molecule has 0 bridgehead atoms. The highest BCUT2D eigenvalue weighted by Crippen LogP contribution is 2.45. The molecule has 0 saturated carbocycles. The topological polar surface area (TPSA) is 231 Å². The molecule has 5 unspecified atom stereocenters. The van der Waals surface area contributed by atoms with Gasteiger partial charge in [0.05, 0.1) is 26.4 Å². The molecule has 0 aromatic carbocycles. The summed E-state index contributed by atoms with van der Waals surface area (Å²) < 4.78 is 61.1. The smallest absolute Gasteiger partial charge is 0.463 e. The Bertz CT molecular complexity index is 2500. The average molecular weight is 1480 g/mol. The van der Waals surface area contributed by atoms with Gasteiger partial charge in [-0.05, 0) is 148 Å². The van der Waals surface area contributed by atoms with E-state index in [2.05, 4.69) is 179 Å². The fourth-order valence-electron chi connectivity index (χ4n) is 10.2. The molecule has 0 radical (unpaired) electrons. The van der Waals surface area contributed by atoms with Gasteiger partial charge in [-0.2, -0.15) is 0 Å².